The van der Waals surface area contributed by atoms with E-state index in [1.165, 1.54) is 0 Å². The third-order valence-corrected chi connectivity index (χ3v) is 3.19. The number of alkyl carbamates (subject to hydrolysis) is 1. The quantitative estimate of drug-likeness (QED) is 0.833. The number of benzene rings is 1. The first-order valence-electron chi connectivity index (χ1n) is 6.68. The monoisotopic (exact) mass is 306 g/mol. The molecule has 0 aliphatic rings. The Bertz CT molecular complexity index is 648. The van der Waals surface area contributed by atoms with Crippen molar-refractivity contribution in [3.05, 3.63) is 46.5 Å². The summed E-state index contributed by atoms with van der Waals surface area (Å²) in [6.45, 7) is 4.51. The summed E-state index contributed by atoms with van der Waals surface area (Å²) >= 11 is 5.15. The summed E-state index contributed by atoms with van der Waals surface area (Å²) < 4.78 is 7.53. The molecule has 1 aromatic carbocycles. The summed E-state index contributed by atoms with van der Waals surface area (Å²) in [7, 11) is 0. The van der Waals surface area contributed by atoms with Gasteiger partial charge < -0.3 is 14.6 Å². The van der Waals surface area contributed by atoms with E-state index in [2.05, 4.69) is 15.5 Å². The van der Waals surface area contributed by atoms with Crippen LogP contribution in [-0.4, -0.2) is 20.9 Å². The SMILES string of the molecule is CC(C)n1c(CNC(=O)OCc2ccccc2)n[nH]c1=S. The first-order valence-corrected chi connectivity index (χ1v) is 7.09. The van der Waals surface area contributed by atoms with Crippen molar-refractivity contribution < 1.29 is 9.53 Å². The van der Waals surface area contributed by atoms with Gasteiger partial charge in [-0.25, -0.2) is 4.79 Å². The van der Waals surface area contributed by atoms with Gasteiger partial charge in [0.25, 0.3) is 0 Å². The van der Waals surface area contributed by atoms with Gasteiger partial charge in [-0.2, -0.15) is 5.10 Å². The molecule has 0 spiro atoms. The minimum Gasteiger partial charge on any atom is -0.445 e. The number of aromatic amines is 1. The molecule has 0 unspecified atom stereocenters. The van der Waals surface area contributed by atoms with E-state index in [1.54, 1.807) is 0 Å². The number of carbonyl (C=O) groups excluding carboxylic acids is 1. The number of hydrogen-bond donors (Lipinski definition) is 2. The molecule has 1 amide bonds. The van der Waals surface area contributed by atoms with Gasteiger partial charge in [-0.3, -0.25) is 5.10 Å². The second-order valence-electron chi connectivity index (χ2n) is 4.82. The van der Waals surface area contributed by atoms with Gasteiger partial charge in [0.1, 0.15) is 6.61 Å². The minimum atomic E-state index is -0.483. The van der Waals surface area contributed by atoms with E-state index >= 15 is 0 Å². The van der Waals surface area contributed by atoms with Gasteiger partial charge in [-0.05, 0) is 31.6 Å². The Kier molecular flexibility index (Phi) is 5.10. The molecule has 2 aromatic rings. The van der Waals surface area contributed by atoms with Crippen LogP contribution in [0.2, 0.25) is 0 Å². The lowest BCUT2D eigenvalue weighted by molar-refractivity contribution is 0.138. The van der Waals surface area contributed by atoms with Crippen molar-refractivity contribution in [2.45, 2.75) is 33.0 Å². The maximum absolute atomic E-state index is 11.7. The number of nitrogens with one attached hydrogen (secondary N) is 2. The third-order valence-electron chi connectivity index (χ3n) is 2.90. The first kappa shape index (κ1) is 15.2. The molecule has 0 aliphatic heterocycles. The minimum absolute atomic E-state index is 0.174. The van der Waals surface area contributed by atoms with Crippen LogP contribution in [-0.2, 0) is 17.9 Å². The molecule has 0 bridgehead atoms. The van der Waals surface area contributed by atoms with Crippen LogP contribution in [0.1, 0.15) is 31.3 Å². The Morgan fingerprint density at radius 3 is 2.81 bits per heavy atom. The Morgan fingerprint density at radius 2 is 2.14 bits per heavy atom. The molecule has 0 atom stereocenters. The summed E-state index contributed by atoms with van der Waals surface area (Å²) in [6, 6.07) is 9.69. The maximum atomic E-state index is 11.7. The highest BCUT2D eigenvalue weighted by Gasteiger charge is 2.11. The molecule has 0 saturated carbocycles. The Labute approximate surface area is 128 Å². The largest absolute Gasteiger partial charge is 0.445 e. The molecule has 112 valence electrons. The van der Waals surface area contributed by atoms with Crippen molar-refractivity contribution in [2.24, 2.45) is 0 Å². The Balaban J connectivity index is 1.86. The number of rotatable bonds is 5. The smallest absolute Gasteiger partial charge is 0.407 e. The van der Waals surface area contributed by atoms with E-state index in [1.807, 2.05) is 48.7 Å². The molecular formula is C14H18N4O2S. The topological polar surface area (TPSA) is 71.9 Å². The van der Waals surface area contributed by atoms with Crippen molar-refractivity contribution in [3.63, 3.8) is 0 Å². The zero-order valence-corrected chi connectivity index (χ0v) is 12.8. The van der Waals surface area contributed by atoms with Crippen LogP contribution in [0.5, 0.6) is 0 Å². The number of ether oxygens (including phenoxy) is 1. The zero-order valence-electron chi connectivity index (χ0n) is 12.0. The first-order chi connectivity index (χ1) is 10.1. The molecular weight excluding hydrogens is 288 g/mol. The number of carbonyl (C=O) groups is 1. The van der Waals surface area contributed by atoms with Gasteiger partial charge in [-0.15, -0.1) is 0 Å². The average molecular weight is 306 g/mol. The molecule has 2 rings (SSSR count). The molecule has 21 heavy (non-hydrogen) atoms. The molecule has 7 heteroatoms. The predicted octanol–water partition coefficient (Wildman–Crippen LogP) is 2.95. The lowest BCUT2D eigenvalue weighted by atomic mass is 10.2. The Morgan fingerprint density at radius 1 is 1.43 bits per heavy atom. The number of aromatic nitrogens is 3. The van der Waals surface area contributed by atoms with Crippen LogP contribution in [0.25, 0.3) is 0 Å². The number of amides is 1. The van der Waals surface area contributed by atoms with Crippen LogP contribution in [0, 0.1) is 4.77 Å². The molecule has 6 nitrogen and oxygen atoms in total. The maximum Gasteiger partial charge on any atom is 0.407 e. The van der Waals surface area contributed by atoms with Gasteiger partial charge in [0.05, 0.1) is 6.54 Å². The number of H-pyrrole nitrogens is 1. The predicted molar refractivity (Wildman–Crippen MR) is 81.3 cm³/mol. The van der Waals surface area contributed by atoms with Gasteiger partial charge in [0.2, 0.25) is 0 Å². The standard InChI is InChI=1S/C14H18N4O2S/c1-10(2)18-12(16-17-13(18)21)8-15-14(19)20-9-11-6-4-3-5-7-11/h3-7,10H,8-9H2,1-2H3,(H,15,19)(H,17,21). The number of hydrogen-bond acceptors (Lipinski definition) is 4. The van der Waals surface area contributed by atoms with Gasteiger partial charge in [0, 0.05) is 6.04 Å². The van der Waals surface area contributed by atoms with Crippen LogP contribution in [0.15, 0.2) is 30.3 Å². The van der Waals surface area contributed by atoms with Gasteiger partial charge in [-0.1, -0.05) is 30.3 Å². The normalized spacial score (nSPS) is 10.6. The van der Waals surface area contributed by atoms with E-state index in [9.17, 15) is 4.79 Å². The van der Waals surface area contributed by atoms with Crippen LogP contribution in [0.3, 0.4) is 0 Å². The van der Waals surface area contributed by atoms with Crippen molar-refractivity contribution in [2.75, 3.05) is 0 Å². The van der Waals surface area contributed by atoms with E-state index in [-0.39, 0.29) is 19.2 Å². The molecule has 1 heterocycles. The summed E-state index contributed by atoms with van der Waals surface area (Å²) in [4.78, 5) is 11.7. The van der Waals surface area contributed by atoms with Crippen LogP contribution < -0.4 is 5.32 Å². The fourth-order valence-electron chi connectivity index (χ4n) is 1.92. The molecule has 2 N–H and O–H groups in total. The van der Waals surface area contributed by atoms with E-state index in [0.717, 1.165) is 5.56 Å². The van der Waals surface area contributed by atoms with E-state index in [0.29, 0.717) is 10.6 Å². The molecule has 1 aromatic heterocycles. The zero-order chi connectivity index (χ0) is 15.2. The van der Waals surface area contributed by atoms with Crippen molar-refractivity contribution in [1.29, 1.82) is 0 Å². The summed E-state index contributed by atoms with van der Waals surface area (Å²) in [5.41, 5.74) is 0.942. The number of nitrogens with zero attached hydrogens (tertiary/aromatic N) is 2. The van der Waals surface area contributed by atoms with Crippen molar-refractivity contribution in [3.8, 4) is 0 Å². The van der Waals surface area contributed by atoms with Gasteiger partial charge in [0.15, 0.2) is 10.6 Å². The lowest BCUT2D eigenvalue weighted by Gasteiger charge is -2.11. The summed E-state index contributed by atoms with van der Waals surface area (Å²) in [5, 5.41) is 9.49. The van der Waals surface area contributed by atoms with E-state index < -0.39 is 6.09 Å². The average Bonchev–Trinajstić information content (AvgIpc) is 2.85. The molecule has 0 radical (unpaired) electrons. The fourth-order valence-corrected chi connectivity index (χ4v) is 2.28. The molecule has 0 aliphatic carbocycles. The summed E-state index contributed by atoms with van der Waals surface area (Å²) in [5.74, 6) is 0.673. The van der Waals surface area contributed by atoms with E-state index in [4.69, 9.17) is 17.0 Å². The van der Waals surface area contributed by atoms with Crippen molar-refractivity contribution in [1.82, 2.24) is 20.1 Å². The van der Waals surface area contributed by atoms with Gasteiger partial charge >= 0.3 is 6.09 Å². The summed E-state index contributed by atoms with van der Waals surface area (Å²) in [6.07, 6.45) is -0.483. The third kappa shape index (κ3) is 4.16. The highest BCUT2D eigenvalue weighted by molar-refractivity contribution is 7.71. The van der Waals surface area contributed by atoms with Crippen molar-refractivity contribution >= 4 is 18.3 Å². The molecule has 0 saturated heterocycles. The molecule has 0 fully saturated rings. The van der Waals surface area contributed by atoms with Crippen LogP contribution in [0.4, 0.5) is 4.79 Å². The fraction of sp³-hybridized carbons (Fsp3) is 0.357. The second kappa shape index (κ2) is 7.03. The highest BCUT2D eigenvalue weighted by atomic mass is 32.1. The Hall–Kier alpha value is -2.15. The van der Waals surface area contributed by atoms with Crippen LogP contribution >= 0.6 is 12.2 Å². The highest BCUT2D eigenvalue weighted by Crippen LogP contribution is 2.08. The lowest BCUT2D eigenvalue weighted by Crippen LogP contribution is -2.25. The second-order valence-corrected chi connectivity index (χ2v) is 5.21.